The van der Waals surface area contributed by atoms with Crippen molar-refractivity contribution in [2.45, 2.75) is 56.6 Å². The summed E-state index contributed by atoms with van der Waals surface area (Å²) in [6, 6.07) is 4.97. The van der Waals surface area contributed by atoms with Crippen LogP contribution < -0.4 is 5.32 Å². The van der Waals surface area contributed by atoms with Gasteiger partial charge in [0.2, 0.25) is 5.91 Å². The van der Waals surface area contributed by atoms with Gasteiger partial charge >= 0.3 is 0 Å². The van der Waals surface area contributed by atoms with Crippen LogP contribution in [0.3, 0.4) is 0 Å². The number of nitrogens with one attached hydrogen (secondary N) is 1. The molecule has 0 atom stereocenters. The number of thioether (sulfide) groups is 1. The van der Waals surface area contributed by atoms with Crippen LogP contribution in [0.4, 0.5) is 5.69 Å². The van der Waals surface area contributed by atoms with Crippen molar-refractivity contribution in [1.29, 1.82) is 0 Å². The Bertz CT molecular complexity index is 754. The minimum atomic E-state index is -0.127. The number of benzene rings is 1. The van der Waals surface area contributed by atoms with Gasteiger partial charge in [-0.2, -0.15) is 0 Å². The maximum Gasteiger partial charge on any atom is 0.234 e. The van der Waals surface area contributed by atoms with Crippen LogP contribution in [-0.4, -0.2) is 26.4 Å². The monoisotopic (exact) mass is 412 g/mol. The summed E-state index contributed by atoms with van der Waals surface area (Å²) in [4.78, 5) is 12.2. The molecule has 1 aliphatic rings. The van der Waals surface area contributed by atoms with E-state index >= 15 is 0 Å². The van der Waals surface area contributed by atoms with Crippen LogP contribution in [0, 0.1) is 0 Å². The molecule has 1 heterocycles. The number of amides is 1. The molecule has 1 N–H and O–H groups in total. The van der Waals surface area contributed by atoms with Crippen molar-refractivity contribution in [2.24, 2.45) is 0 Å². The molecule has 0 spiro atoms. The molecule has 3 rings (SSSR count). The van der Waals surface area contributed by atoms with Crippen LogP contribution in [0.15, 0.2) is 23.4 Å². The molecule has 2 aromatic rings. The fourth-order valence-corrected chi connectivity index (χ4v) is 4.66. The first-order valence-electron chi connectivity index (χ1n) is 8.88. The summed E-state index contributed by atoms with van der Waals surface area (Å²) >= 11 is 13.3. The minimum absolute atomic E-state index is 0.127. The zero-order chi connectivity index (χ0) is 18.5. The standard InChI is InChI=1S/C18H22Cl2N4OS/c1-2-24-17(12-6-4-3-5-7-12)22-23-18(24)26-11-16(25)21-15-9-13(19)8-14(20)10-15/h8-10,12H,2-7,11H2,1H3,(H,21,25). The molecule has 1 fully saturated rings. The van der Waals surface area contributed by atoms with E-state index in [1.54, 1.807) is 18.2 Å². The molecule has 140 valence electrons. The summed E-state index contributed by atoms with van der Waals surface area (Å²) in [5.41, 5.74) is 0.591. The number of anilines is 1. The molecular weight excluding hydrogens is 391 g/mol. The van der Waals surface area contributed by atoms with Crippen LogP contribution in [0.1, 0.15) is 50.8 Å². The molecule has 8 heteroatoms. The lowest BCUT2D eigenvalue weighted by atomic mass is 9.89. The zero-order valence-electron chi connectivity index (χ0n) is 14.7. The first kappa shape index (κ1) is 19.5. The lowest BCUT2D eigenvalue weighted by Crippen LogP contribution is -2.15. The van der Waals surface area contributed by atoms with Crippen molar-refractivity contribution < 1.29 is 4.79 Å². The average Bonchev–Trinajstić information content (AvgIpc) is 3.02. The summed E-state index contributed by atoms with van der Waals surface area (Å²) in [7, 11) is 0. The summed E-state index contributed by atoms with van der Waals surface area (Å²) in [5.74, 6) is 1.69. The van der Waals surface area contributed by atoms with E-state index in [4.69, 9.17) is 23.2 Å². The Hall–Kier alpha value is -1.24. The number of halogens is 2. The molecule has 0 radical (unpaired) electrons. The summed E-state index contributed by atoms with van der Waals surface area (Å²) in [6.45, 7) is 2.90. The number of rotatable bonds is 6. The highest BCUT2D eigenvalue weighted by Crippen LogP contribution is 2.33. The van der Waals surface area contributed by atoms with Crippen LogP contribution in [0.2, 0.25) is 10.0 Å². The Morgan fingerprint density at radius 3 is 2.54 bits per heavy atom. The largest absolute Gasteiger partial charge is 0.325 e. The predicted octanol–water partition coefficient (Wildman–Crippen LogP) is 5.38. The van der Waals surface area contributed by atoms with Gasteiger partial charge in [-0.25, -0.2) is 0 Å². The van der Waals surface area contributed by atoms with Crippen LogP contribution >= 0.6 is 35.0 Å². The van der Waals surface area contributed by atoms with Crippen molar-refractivity contribution in [3.05, 3.63) is 34.1 Å². The molecule has 0 bridgehead atoms. The van der Waals surface area contributed by atoms with Gasteiger partial charge in [-0.05, 0) is 38.0 Å². The summed E-state index contributed by atoms with van der Waals surface area (Å²) in [6.07, 6.45) is 6.19. The molecule has 1 aromatic carbocycles. The van der Waals surface area contributed by atoms with Gasteiger partial charge in [0.05, 0.1) is 5.75 Å². The Labute approximate surface area is 167 Å². The summed E-state index contributed by atoms with van der Waals surface area (Å²) < 4.78 is 2.14. The molecular formula is C18H22Cl2N4OS. The molecule has 26 heavy (non-hydrogen) atoms. The molecule has 0 unspecified atom stereocenters. The van der Waals surface area contributed by atoms with Crippen molar-refractivity contribution >= 4 is 46.6 Å². The van der Waals surface area contributed by atoms with Gasteiger partial charge < -0.3 is 9.88 Å². The molecule has 1 amide bonds. The third kappa shape index (κ3) is 4.93. The Kier molecular flexibility index (Phi) is 6.84. The SMILES string of the molecule is CCn1c(SCC(=O)Nc2cc(Cl)cc(Cl)c2)nnc1C1CCCCC1. The Balaban J connectivity index is 1.62. The number of hydrogen-bond donors (Lipinski definition) is 1. The normalized spacial score (nSPS) is 15.2. The Morgan fingerprint density at radius 2 is 1.88 bits per heavy atom. The second-order valence-electron chi connectivity index (χ2n) is 6.41. The quantitative estimate of drug-likeness (QED) is 0.646. The van der Waals surface area contributed by atoms with Crippen molar-refractivity contribution in [2.75, 3.05) is 11.1 Å². The van der Waals surface area contributed by atoms with E-state index in [2.05, 4.69) is 27.0 Å². The number of carbonyl (C=O) groups is 1. The lowest BCUT2D eigenvalue weighted by Gasteiger charge is -2.21. The highest BCUT2D eigenvalue weighted by Gasteiger charge is 2.23. The van der Waals surface area contributed by atoms with Gasteiger partial charge in [-0.3, -0.25) is 4.79 Å². The van der Waals surface area contributed by atoms with Crippen molar-refractivity contribution in [3.8, 4) is 0 Å². The van der Waals surface area contributed by atoms with Crippen LogP contribution in [-0.2, 0) is 11.3 Å². The van der Waals surface area contributed by atoms with Gasteiger partial charge in [0.25, 0.3) is 0 Å². The summed E-state index contributed by atoms with van der Waals surface area (Å²) in [5, 5.41) is 13.3. The molecule has 1 saturated carbocycles. The zero-order valence-corrected chi connectivity index (χ0v) is 17.0. The Morgan fingerprint density at radius 1 is 1.19 bits per heavy atom. The number of hydrogen-bond acceptors (Lipinski definition) is 4. The van der Waals surface area contributed by atoms with E-state index in [9.17, 15) is 4.79 Å². The molecule has 0 aliphatic heterocycles. The van der Waals surface area contributed by atoms with E-state index in [1.807, 2.05) is 0 Å². The maximum atomic E-state index is 12.2. The van der Waals surface area contributed by atoms with E-state index in [1.165, 1.54) is 43.9 Å². The maximum absolute atomic E-state index is 12.2. The second-order valence-corrected chi connectivity index (χ2v) is 8.23. The van der Waals surface area contributed by atoms with Gasteiger partial charge in [0.1, 0.15) is 5.82 Å². The molecule has 0 saturated heterocycles. The van der Waals surface area contributed by atoms with Crippen LogP contribution in [0.5, 0.6) is 0 Å². The van der Waals surface area contributed by atoms with Gasteiger partial charge in [0.15, 0.2) is 5.16 Å². The highest BCUT2D eigenvalue weighted by molar-refractivity contribution is 7.99. The minimum Gasteiger partial charge on any atom is -0.325 e. The third-order valence-corrected chi connectivity index (χ3v) is 5.91. The predicted molar refractivity (Wildman–Crippen MR) is 107 cm³/mol. The van der Waals surface area contributed by atoms with E-state index in [0.29, 0.717) is 21.7 Å². The smallest absolute Gasteiger partial charge is 0.234 e. The van der Waals surface area contributed by atoms with E-state index < -0.39 is 0 Å². The van der Waals surface area contributed by atoms with Crippen LogP contribution in [0.25, 0.3) is 0 Å². The molecule has 1 aliphatic carbocycles. The number of aromatic nitrogens is 3. The van der Waals surface area contributed by atoms with Gasteiger partial charge in [-0.15, -0.1) is 10.2 Å². The fourth-order valence-electron chi connectivity index (χ4n) is 3.32. The van der Waals surface area contributed by atoms with E-state index in [-0.39, 0.29) is 11.7 Å². The number of carbonyl (C=O) groups excluding carboxylic acids is 1. The van der Waals surface area contributed by atoms with Gasteiger partial charge in [0, 0.05) is 28.2 Å². The molecule has 1 aromatic heterocycles. The van der Waals surface area contributed by atoms with Gasteiger partial charge in [-0.1, -0.05) is 54.2 Å². The van der Waals surface area contributed by atoms with Crippen molar-refractivity contribution in [1.82, 2.24) is 14.8 Å². The van der Waals surface area contributed by atoms with E-state index in [0.717, 1.165) is 17.5 Å². The topological polar surface area (TPSA) is 59.8 Å². The first-order valence-corrected chi connectivity index (χ1v) is 10.6. The first-order chi connectivity index (χ1) is 12.6. The lowest BCUT2D eigenvalue weighted by molar-refractivity contribution is -0.113. The average molecular weight is 413 g/mol. The number of nitrogens with zero attached hydrogens (tertiary/aromatic N) is 3. The highest BCUT2D eigenvalue weighted by atomic mass is 35.5. The van der Waals surface area contributed by atoms with Crippen molar-refractivity contribution in [3.63, 3.8) is 0 Å². The second kappa shape index (κ2) is 9.11. The third-order valence-electron chi connectivity index (χ3n) is 4.51. The fraction of sp³-hybridized carbons (Fsp3) is 0.500. The molecule has 5 nitrogen and oxygen atoms in total.